The maximum Gasteiger partial charge on any atom is 0.186 e. The van der Waals surface area contributed by atoms with E-state index in [1.54, 1.807) is 19.1 Å². The lowest BCUT2D eigenvalue weighted by atomic mass is 9.82. The van der Waals surface area contributed by atoms with E-state index in [0.29, 0.717) is 5.56 Å². The number of ketones is 1. The number of aryl methyl sites for hydroxylation is 1. The highest BCUT2D eigenvalue weighted by Gasteiger charge is 2.30. The third-order valence-electron chi connectivity index (χ3n) is 2.60. The SMILES string of the molecule is Cc1cccc2c1C(C)(O)C=CC2=O. The number of hydrogen-bond acceptors (Lipinski definition) is 2. The molecule has 1 unspecified atom stereocenters. The van der Waals surface area contributed by atoms with Gasteiger partial charge in [0.2, 0.25) is 0 Å². The van der Waals surface area contributed by atoms with Gasteiger partial charge in [-0.15, -0.1) is 0 Å². The second-order valence-corrected chi connectivity index (χ2v) is 3.84. The summed E-state index contributed by atoms with van der Waals surface area (Å²) in [6.07, 6.45) is 2.98. The summed E-state index contributed by atoms with van der Waals surface area (Å²) in [6, 6.07) is 5.49. The van der Waals surface area contributed by atoms with Crippen LogP contribution in [0.2, 0.25) is 0 Å². The third kappa shape index (κ3) is 1.19. The molecule has 72 valence electrons. The van der Waals surface area contributed by atoms with Crippen molar-refractivity contribution < 1.29 is 9.90 Å². The Hall–Kier alpha value is -1.41. The molecular formula is C12H12O2. The standard InChI is InChI=1S/C12H12O2/c1-8-4-3-5-9-10(13)6-7-12(2,14)11(8)9/h3-7,14H,1-2H3. The van der Waals surface area contributed by atoms with E-state index in [0.717, 1.165) is 11.1 Å². The van der Waals surface area contributed by atoms with Crippen LogP contribution in [0, 0.1) is 6.92 Å². The van der Waals surface area contributed by atoms with Gasteiger partial charge in [-0.1, -0.05) is 18.2 Å². The number of allylic oxidation sites excluding steroid dienone is 1. The Bertz CT molecular complexity index is 428. The quantitative estimate of drug-likeness (QED) is 0.675. The zero-order valence-electron chi connectivity index (χ0n) is 8.24. The van der Waals surface area contributed by atoms with E-state index in [-0.39, 0.29) is 5.78 Å². The van der Waals surface area contributed by atoms with Crippen LogP contribution in [-0.2, 0) is 5.60 Å². The molecular weight excluding hydrogens is 176 g/mol. The number of benzene rings is 1. The summed E-state index contributed by atoms with van der Waals surface area (Å²) >= 11 is 0. The Balaban J connectivity index is 2.76. The first-order valence-electron chi connectivity index (χ1n) is 4.58. The lowest BCUT2D eigenvalue weighted by molar-refractivity contribution is 0.0928. The highest BCUT2D eigenvalue weighted by atomic mass is 16.3. The molecule has 0 aliphatic heterocycles. The lowest BCUT2D eigenvalue weighted by Crippen LogP contribution is -2.26. The first-order chi connectivity index (χ1) is 6.52. The maximum atomic E-state index is 11.5. The highest BCUT2D eigenvalue weighted by Crippen LogP contribution is 2.32. The molecule has 1 atom stereocenters. The van der Waals surface area contributed by atoms with Crippen molar-refractivity contribution in [2.45, 2.75) is 19.4 Å². The fourth-order valence-electron chi connectivity index (χ4n) is 1.96. The van der Waals surface area contributed by atoms with Crippen molar-refractivity contribution in [1.29, 1.82) is 0 Å². The molecule has 1 aliphatic carbocycles. The van der Waals surface area contributed by atoms with E-state index in [9.17, 15) is 9.90 Å². The molecule has 1 aromatic rings. The Morgan fingerprint density at radius 3 is 2.71 bits per heavy atom. The number of hydrogen-bond donors (Lipinski definition) is 1. The van der Waals surface area contributed by atoms with Crippen LogP contribution in [0.25, 0.3) is 0 Å². The predicted molar refractivity (Wildman–Crippen MR) is 54.2 cm³/mol. The van der Waals surface area contributed by atoms with Crippen molar-refractivity contribution >= 4 is 5.78 Å². The summed E-state index contributed by atoms with van der Waals surface area (Å²) in [7, 11) is 0. The summed E-state index contributed by atoms with van der Waals surface area (Å²) in [4.78, 5) is 11.5. The van der Waals surface area contributed by atoms with Crippen LogP contribution in [0.15, 0.2) is 30.4 Å². The van der Waals surface area contributed by atoms with E-state index >= 15 is 0 Å². The molecule has 1 aromatic carbocycles. The van der Waals surface area contributed by atoms with Gasteiger partial charge in [0, 0.05) is 11.1 Å². The van der Waals surface area contributed by atoms with Gasteiger partial charge in [-0.2, -0.15) is 0 Å². The summed E-state index contributed by atoms with van der Waals surface area (Å²) < 4.78 is 0. The van der Waals surface area contributed by atoms with Gasteiger partial charge < -0.3 is 5.11 Å². The Morgan fingerprint density at radius 2 is 2.07 bits per heavy atom. The Morgan fingerprint density at radius 1 is 1.36 bits per heavy atom. The van der Waals surface area contributed by atoms with Crippen molar-refractivity contribution in [2.75, 3.05) is 0 Å². The predicted octanol–water partition coefficient (Wildman–Crippen LogP) is 1.96. The average Bonchev–Trinajstić information content (AvgIpc) is 2.12. The molecule has 1 aliphatic rings. The molecule has 0 fully saturated rings. The van der Waals surface area contributed by atoms with Gasteiger partial charge in [0.15, 0.2) is 5.78 Å². The smallest absolute Gasteiger partial charge is 0.186 e. The molecule has 0 saturated carbocycles. The molecule has 1 N–H and O–H groups in total. The number of fused-ring (bicyclic) bond motifs is 1. The van der Waals surface area contributed by atoms with Crippen molar-refractivity contribution in [2.24, 2.45) is 0 Å². The number of carbonyl (C=O) groups excluding carboxylic acids is 1. The fourth-order valence-corrected chi connectivity index (χ4v) is 1.96. The molecule has 0 saturated heterocycles. The topological polar surface area (TPSA) is 37.3 Å². The first kappa shape index (κ1) is 9.16. The van der Waals surface area contributed by atoms with Crippen LogP contribution in [0.4, 0.5) is 0 Å². The molecule has 0 heterocycles. The average molecular weight is 188 g/mol. The van der Waals surface area contributed by atoms with Gasteiger partial charge in [0.05, 0.1) is 0 Å². The lowest BCUT2D eigenvalue weighted by Gasteiger charge is -2.27. The van der Waals surface area contributed by atoms with Gasteiger partial charge in [0.25, 0.3) is 0 Å². The van der Waals surface area contributed by atoms with Crippen LogP contribution < -0.4 is 0 Å². The highest BCUT2D eigenvalue weighted by molar-refractivity contribution is 6.07. The maximum absolute atomic E-state index is 11.5. The molecule has 0 amide bonds. The summed E-state index contributed by atoms with van der Waals surface area (Å²) in [6.45, 7) is 3.60. The normalized spacial score (nSPS) is 24.9. The largest absolute Gasteiger partial charge is 0.381 e. The number of carbonyl (C=O) groups is 1. The second-order valence-electron chi connectivity index (χ2n) is 3.84. The zero-order valence-corrected chi connectivity index (χ0v) is 8.24. The second kappa shape index (κ2) is 2.79. The van der Waals surface area contributed by atoms with E-state index < -0.39 is 5.60 Å². The molecule has 0 spiro atoms. The van der Waals surface area contributed by atoms with Crippen molar-refractivity contribution in [3.8, 4) is 0 Å². The number of aliphatic hydroxyl groups is 1. The molecule has 2 nitrogen and oxygen atoms in total. The van der Waals surface area contributed by atoms with Gasteiger partial charge in [-0.3, -0.25) is 4.79 Å². The zero-order chi connectivity index (χ0) is 10.3. The van der Waals surface area contributed by atoms with Gasteiger partial charge in [-0.25, -0.2) is 0 Å². The summed E-state index contributed by atoms with van der Waals surface area (Å²) in [5.41, 5.74) is 1.27. The van der Waals surface area contributed by atoms with Crippen LogP contribution in [0.5, 0.6) is 0 Å². The van der Waals surface area contributed by atoms with Crippen LogP contribution >= 0.6 is 0 Å². The van der Waals surface area contributed by atoms with Crippen molar-refractivity contribution in [3.05, 3.63) is 47.0 Å². The van der Waals surface area contributed by atoms with Gasteiger partial charge in [0.1, 0.15) is 5.60 Å². The summed E-state index contributed by atoms with van der Waals surface area (Å²) in [5, 5.41) is 10.1. The van der Waals surface area contributed by atoms with Crippen molar-refractivity contribution in [3.63, 3.8) is 0 Å². The van der Waals surface area contributed by atoms with Gasteiger partial charge >= 0.3 is 0 Å². The monoisotopic (exact) mass is 188 g/mol. The Kier molecular flexibility index (Phi) is 1.82. The van der Waals surface area contributed by atoms with Gasteiger partial charge in [-0.05, 0) is 31.6 Å². The van der Waals surface area contributed by atoms with Crippen molar-refractivity contribution in [1.82, 2.24) is 0 Å². The van der Waals surface area contributed by atoms with Crippen LogP contribution in [-0.4, -0.2) is 10.9 Å². The van der Waals surface area contributed by atoms with E-state index in [1.165, 1.54) is 6.08 Å². The van der Waals surface area contributed by atoms with E-state index in [1.807, 2.05) is 19.1 Å². The van der Waals surface area contributed by atoms with Crippen LogP contribution in [0.3, 0.4) is 0 Å². The minimum absolute atomic E-state index is 0.0322. The third-order valence-corrected chi connectivity index (χ3v) is 2.60. The van der Waals surface area contributed by atoms with E-state index in [2.05, 4.69) is 0 Å². The van der Waals surface area contributed by atoms with E-state index in [4.69, 9.17) is 0 Å². The molecule has 0 bridgehead atoms. The minimum Gasteiger partial charge on any atom is -0.381 e. The Labute approximate surface area is 82.9 Å². The first-order valence-corrected chi connectivity index (χ1v) is 4.58. The fraction of sp³-hybridized carbons (Fsp3) is 0.250. The minimum atomic E-state index is -1.02. The molecule has 0 radical (unpaired) electrons. The molecule has 2 rings (SSSR count). The molecule has 0 aromatic heterocycles. The molecule has 2 heteroatoms. The summed E-state index contributed by atoms with van der Waals surface area (Å²) in [5.74, 6) is -0.0322. The van der Waals surface area contributed by atoms with Crippen LogP contribution in [0.1, 0.15) is 28.4 Å². The molecule has 14 heavy (non-hydrogen) atoms. The number of rotatable bonds is 0.